The van der Waals surface area contributed by atoms with Gasteiger partial charge in [0.1, 0.15) is 5.75 Å². The Bertz CT molecular complexity index is 1130. The van der Waals surface area contributed by atoms with Gasteiger partial charge in [-0.1, -0.05) is 53.6 Å². The summed E-state index contributed by atoms with van der Waals surface area (Å²) in [6, 6.07) is 22.4. The fourth-order valence-electron chi connectivity index (χ4n) is 5.40. The quantitative estimate of drug-likeness (QED) is 0.492. The van der Waals surface area contributed by atoms with E-state index in [9.17, 15) is 15.0 Å². The second-order valence-corrected chi connectivity index (χ2v) is 9.64. The van der Waals surface area contributed by atoms with Gasteiger partial charge in [-0.15, -0.1) is 0 Å². The molecule has 5 heteroatoms. The van der Waals surface area contributed by atoms with Crippen LogP contribution in [0.3, 0.4) is 0 Å². The molecule has 5 rings (SSSR count). The third kappa shape index (κ3) is 3.30. The summed E-state index contributed by atoms with van der Waals surface area (Å²) in [7, 11) is 0. The number of hydrogen-bond acceptors (Lipinski definition) is 3. The highest BCUT2D eigenvalue weighted by Gasteiger charge is 2.63. The van der Waals surface area contributed by atoms with Gasteiger partial charge in [0.2, 0.25) is 5.91 Å². The number of benzene rings is 3. The Hall–Kier alpha value is -2.82. The average molecular weight is 448 g/mol. The van der Waals surface area contributed by atoms with Crippen molar-refractivity contribution in [2.45, 2.75) is 44.2 Å². The molecule has 1 aliphatic heterocycles. The van der Waals surface area contributed by atoms with Crippen molar-refractivity contribution >= 4 is 23.2 Å². The zero-order valence-corrected chi connectivity index (χ0v) is 18.7. The summed E-state index contributed by atoms with van der Waals surface area (Å²) in [5.74, 6) is 0.314. The lowest BCUT2D eigenvalue weighted by Gasteiger charge is -2.59. The van der Waals surface area contributed by atoms with Crippen molar-refractivity contribution in [1.82, 2.24) is 0 Å². The lowest BCUT2D eigenvalue weighted by atomic mass is 9.56. The summed E-state index contributed by atoms with van der Waals surface area (Å²) < 4.78 is 0. The normalized spacial score (nSPS) is 27.4. The molecule has 3 aromatic carbocycles. The number of β-lactam (4-membered cyclic amide) rings is 1. The van der Waals surface area contributed by atoms with Gasteiger partial charge in [0, 0.05) is 10.7 Å². The second kappa shape index (κ2) is 7.65. The first-order valence-corrected chi connectivity index (χ1v) is 11.4. The molecule has 1 saturated heterocycles. The maximum Gasteiger partial charge on any atom is 0.236 e. The van der Waals surface area contributed by atoms with E-state index in [4.69, 9.17) is 11.6 Å². The number of amides is 1. The molecule has 2 fully saturated rings. The van der Waals surface area contributed by atoms with Crippen LogP contribution in [0.2, 0.25) is 5.02 Å². The number of carbonyl (C=O) groups excluding carboxylic acids is 1. The maximum absolute atomic E-state index is 13.6. The van der Waals surface area contributed by atoms with Crippen LogP contribution >= 0.6 is 11.6 Å². The molecule has 32 heavy (non-hydrogen) atoms. The number of carbonyl (C=O) groups is 1. The van der Waals surface area contributed by atoms with E-state index >= 15 is 0 Å². The Morgan fingerprint density at radius 1 is 0.875 bits per heavy atom. The standard InChI is InChI=1S/C27H26ClNO3/c1-18-2-10-22(11-3-18)29-24(19-4-12-23(30)13-5-19)26(25(29)31)14-16-27(32,17-15-26)20-6-8-21(28)9-7-20/h2-13,24,30,32H,14-17H2,1H3/t24-,26?,27?/m1/s1. The number of rotatable bonds is 3. The van der Waals surface area contributed by atoms with Crippen LogP contribution in [-0.2, 0) is 10.4 Å². The molecule has 2 aliphatic rings. The van der Waals surface area contributed by atoms with Crippen LogP contribution in [0.25, 0.3) is 0 Å². The van der Waals surface area contributed by atoms with E-state index in [1.165, 1.54) is 0 Å². The summed E-state index contributed by atoms with van der Waals surface area (Å²) in [5, 5.41) is 21.8. The number of aliphatic hydroxyl groups is 1. The molecule has 3 aromatic rings. The van der Waals surface area contributed by atoms with Crippen LogP contribution in [-0.4, -0.2) is 16.1 Å². The third-order valence-electron chi connectivity index (χ3n) is 7.30. The highest BCUT2D eigenvalue weighted by Crippen LogP contribution is 2.61. The summed E-state index contributed by atoms with van der Waals surface area (Å²) >= 11 is 6.02. The zero-order chi connectivity index (χ0) is 22.5. The van der Waals surface area contributed by atoms with E-state index in [0.717, 1.165) is 22.4 Å². The fourth-order valence-corrected chi connectivity index (χ4v) is 5.52. The molecule has 1 amide bonds. The van der Waals surface area contributed by atoms with Gasteiger partial charge in [-0.2, -0.15) is 0 Å². The van der Waals surface area contributed by atoms with Crippen LogP contribution in [0.1, 0.15) is 48.4 Å². The first kappa shape index (κ1) is 21.0. The summed E-state index contributed by atoms with van der Waals surface area (Å²) in [6.45, 7) is 2.03. The van der Waals surface area contributed by atoms with Crippen molar-refractivity contribution in [3.8, 4) is 5.75 Å². The van der Waals surface area contributed by atoms with E-state index in [-0.39, 0.29) is 17.7 Å². The molecule has 1 aliphatic carbocycles. The summed E-state index contributed by atoms with van der Waals surface area (Å²) in [4.78, 5) is 15.5. The largest absolute Gasteiger partial charge is 0.508 e. The minimum atomic E-state index is -0.958. The van der Waals surface area contributed by atoms with E-state index in [1.807, 2.05) is 60.4 Å². The van der Waals surface area contributed by atoms with Crippen LogP contribution in [0.4, 0.5) is 5.69 Å². The number of halogens is 1. The Morgan fingerprint density at radius 2 is 1.47 bits per heavy atom. The van der Waals surface area contributed by atoms with E-state index in [0.29, 0.717) is 30.7 Å². The first-order chi connectivity index (χ1) is 15.3. The molecule has 164 valence electrons. The fraction of sp³-hybridized carbons (Fsp3) is 0.296. The second-order valence-electron chi connectivity index (χ2n) is 9.20. The van der Waals surface area contributed by atoms with E-state index in [2.05, 4.69) is 0 Å². The minimum absolute atomic E-state index is 0.109. The van der Waals surface area contributed by atoms with Crippen molar-refractivity contribution < 1.29 is 15.0 Å². The van der Waals surface area contributed by atoms with Crippen molar-refractivity contribution in [2.24, 2.45) is 5.41 Å². The van der Waals surface area contributed by atoms with Gasteiger partial charge in [-0.3, -0.25) is 4.79 Å². The number of aromatic hydroxyl groups is 1. The third-order valence-corrected chi connectivity index (χ3v) is 7.55. The molecule has 1 atom stereocenters. The van der Waals surface area contributed by atoms with Gasteiger partial charge in [0.25, 0.3) is 0 Å². The van der Waals surface area contributed by atoms with E-state index < -0.39 is 11.0 Å². The van der Waals surface area contributed by atoms with Gasteiger partial charge in [-0.25, -0.2) is 0 Å². The van der Waals surface area contributed by atoms with Crippen molar-refractivity contribution in [2.75, 3.05) is 4.90 Å². The molecular weight excluding hydrogens is 422 g/mol. The molecule has 1 heterocycles. The smallest absolute Gasteiger partial charge is 0.236 e. The van der Waals surface area contributed by atoms with Crippen LogP contribution in [0.5, 0.6) is 5.75 Å². The predicted molar refractivity (Wildman–Crippen MR) is 126 cm³/mol. The van der Waals surface area contributed by atoms with Crippen LogP contribution in [0, 0.1) is 12.3 Å². The molecule has 0 radical (unpaired) electrons. The molecule has 1 saturated carbocycles. The number of nitrogens with zero attached hydrogens (tertiary/aromatic N) is 1. The monoisotopic (exact) mass is 447 g/mol. The van der Waals surface area contributed by atoms with Crippen molar-refractivity contribution in [1.29, 1.82) is 0 Å². The SMILES string of the molecule is Cc1ccc(N2C(=O)C3(CCC(O)(c4ccc(Cl)cc4)CC3)[C@H]2c2ccc(O)cc2)cc1. The Morgan fingerprint density at radius 3 is 2.06 bits per heavy atom. The van der Waals surface area contributed by atoms with Gasteiger partial charge in [-0.05, 0) is 80.1 Å². The molecule has 1 spiro atoms. The Labute approximate surface area is 193 Å². The molecular formula is C27H26ClNO3. The van der Waals surface area contributed by atoms with Gasteiger partial charge >= 0.3 is 0 Å². The number of aryl methyl sites for hydroxylation is 1. The highest BCUT2D eigenvalue weighted by atomic mass is 35.5. The lowest BCUT2D eigenvalue weighted by Crippen LogP contribution is -2.65. The number of anilines is 1. The van der Waals surface area contributed by atoms with Crippen molar-refractivity contribution in [3.05, 3.63) is 94.5 Å². The topological polar surface area (TPSA) is 60.8 Å². The minimum Gasteiger partial charge on any atom is -0.508 e. The number of phenolic OH excluding ortho intramolecular Hbond substituents is 1. The van der Waals surface area contributed by atoms with Crippen molar-refractivity contribution in [3.63, 3.8) is 0 Å². The van der Waals surface area contributed by atoms with Crippen LogP contribution in [0.15, 0.2) is 72.8 Å². The Kier molecular flexibility index (Phi) is 5.03. The summed E-state index contributed by atoms with van der Waals surface area (Å²) in [6.07, 6.45) is 2.21. The summed E-state index contributed by atoms with van der Waals surface area (Å²) in [5.41, 5.74) is 2.35. The lowest BCUT2D eigenvalue weighted by molar-refractivity contribution is -0.149. The number of hydrogen-bond donors (Lipinski definition) is 2. The van der Waals surface area contributed by atoms with Gasteiger partial charge in [0.15, 0.2) is 0 Å². The molecule has 2 N–H and O–H groups in total. The average Bonchev–Trinajstić information content (AvgIpc) is 2.80. The first-order valence-electron chi connectivity index (χ1n) is 11.0. The molecule has 0 aromatic heterocycles. The highest BCUT2D eigenvalue weighted by molar-refractivity contribution is 6.30. The predicted octanol–water partition coefficient (Wildman–Crippen LogP) is 5.89. The van der Waals surface area contributed by atoms with E-state index in [1.54, 1.807) is 24.3 Å². The molecule has 4 nitrogen and oxygen atoms in total. The zero-order valence-electron chi connectivity index (χ0n) is 18.0. The Balaban J connectivity index is 1.48. The van der Waals surface area contributed by atoms with Gasteiger partial charge in [0.05, 0.1) is 17.1 Å². The van der Waals surface area contributed by atoms with Crippen LogP contribution < -0.4 is 4.90 Å². The van der Waals surface area contributed by atoms with Gasteiger partial charge < -0.3 is 15.1 Å². The maximum atomic E-state index is 13.6. The molecule has 0 bridgehead atoms. The molecule has 0 unspecified atom stereocenters. The number of phenols is 1.